The van der Waals surface area contributed by atoms with E-state index < -0.39 is 235 Å². The Labute approximate surface area is 521 Å². The van der Waals surface area contributed by atoms with Crippen LogP contribution in [0.1, 0.15) is 71.6 Å². The number of hydrogen-bond donors (Lipinski definition) is 20. The number of aliphatic hydroxyl groups excluding tert-OH is 17. The molecule has 2 bridgehead atoms. The van der Waals surface area contributed by atoms with Gasteiger partial charge < -0.3 is 141 Å². The SMILES string of the molecule is C[C@H]1C[C@H](O)[C@@H](C)/C=C/C=C/C=C/C=C/C=C/C=C/C=C/[C@H](O[C@@H]2OC[C@@H](O)[C@H](N)[C@@H]2O)C[C@@H]2O[C@](O)(C[C@@H](O)C[C@@H](O)[C@H](O)CC[C@@H](O)C[C@@H](O)CC(=O)O1)C[C@H](O)[C@H]2C(=O)NC(CO[C@H]1O[C@H](CO)[C@@H](O)[C@H](O)[C@@H]1O)CO[C@H]1O[C@H](CO)[C@@H](O)[C@H](O)[C@@H]1O. The van der Waals surface area contributed by atoms with Crippen molar-refractivity contribution in [2.45, 2.75) is 230 Å². The number of amides is 1. The van der Waals surface area contributed by atoms with Crippen LogP contribution in [0.25, 0.3) is 0 Å². The third-order valence-electron chi connectivity index (χ3n) is 16.0. The number of allylic oxidation sites excluding steroid dienone is 12. The number of ether oxygens (including phenoxy) is 8. The summed E-state index contributed by atoms with van der Waals surface area (Å²) < 4.78 is 45.9. The van der Waals surface area contributed by atoms with Crippen LogP contribution >= 0.6 is 0 Å². The zero-order chi connectivity index (χ0) is 66.4. The Morgan fingerprint density at radius 1 is 0.589 bits per heavy atom. The highest BCUT2D eigenvalue weighted by molar-refractivity contribution is 5.80. The summed E-state index contributed by atoms with van der Waals surface area (Å²) in [5, 5.41) is 197. The molecule has 0 unspecified atom stereocenters. The third-order valence-corrected chi connectivity index (χ3v) is 16.0. The van der Waals surface area contributed by atoms with Crippen molar-refractivity contribution in [3.8, 4) is 0 Å². The van der Waals surface area contributed by atoms with Gasteiger partial charge in [0.2, 0.25) is 5.91 Å². The molecule has 4 fully saturated rings. The predicted octanol–water partition coefficient (Wildman–Crippen LogP) is -5.89. The van der Waals surface area contributed by atoms with E-state index in [-0.39, 0.29) is 38.2 Å². The van der Waals surface area contributed by atoms with Gasteiger partial charge in [-0.1, -0.05) is 92.0 Å². The number of esters is 1. The van der Waals surface area contributed by atoms with Gasteiger partial charge in [0, 0.05) is 38.0 Å². The lowest BCUT2D eigenvalue weighted by Gasteiger charge is -2.46. The minimum Gasteiger partial charge on any atom is -0.462 e. The van der Waals surface area contributed by atoms with Crippen molar-refractivity contribution < 1.29 is 139 Å². The van der Waals surface area contributed by atoms with Gasteiger partial charge in [-0.15, -0.1) is 0 Å². The summed E-state index contributed by atoms with van der Waals surface area (Å²) in [4.78, 5) is 27.5. The van der Waals surface area contributed by atoms with E-state index in [1.165, 1.54) is 12.2 Å². The Hall–Kier alpha value is -3.92. The molecule has 514 valence electrons. The molecule has 0 aromatic carbocycles. The van der Waals surface area contributed by atoms with E-state index >= 15 is 0 Å². The molecule has 90 heavy (non-hydrogen) atoms. The Balaban J connectivity index is 1.47. The molecule has 0 radical (unpaired) electrons. The smallest absolute Gasteiger partial charge is 0.308 e. The minimum atomic E-state index is -2.55. The fourth-order valence-corrected chi connectivity index (χ4v) is 10.8. The summed E-state index contributed by atoms with van der Waals surface area (Å²) in [5.74, 6) is -6.49. The molecule has 5 aliphatic heterocycles. The average Bonchev–Trinajstić information content (AvgIpc) is 0.822. The highest BCUT2D eigenvalue weighted by Gasteiger charge is 2.52. The minimum absolute atomic E-state index is 0.101. The number of carbonyl (C=O) groups excluding carboxylic acids is 2. The molecule has 0 aromatic heterocycles. The standard InChI is InChI=1S/C60H96N2O28/c1-31-15-13-11-9-7-5-3-4-6-8-10-12-14-16-37(87-57-51(76)48(61)42(72)30-85-57)23-43-47(41(71)25-60(82,90-43)24-36(67)21-40(70)38(68)18-17-34(65)20-35(66)22-46(73)86-32(2)19-39(31)69)56(81)62-33(28-83-58-54(79)52(77)49(74)44(26-63)88-58)29-84-59-55(80)53(78)50(75)45(27-64)89-59/h3-16,31-45,47-55,57-59,63-72,74-80,82H,17-30,61H2,1-2H3,(H,62,81)/b4-3+,7-5+,8-6+,11-9+,12-10+,15-13+,16-14+/t31-,32-,34+,35+,36-,37-,38+,39-,40+,41-,42+,43-,44+,45+,47+,48-,49+,50+,51-,52-,53-,54-,55-,57-,58-,59-,60+/m0/s1. The maximum absolute atomic E-state index is 14.9. The molecule has 5 heterocycles. The number of aliphatic hydroxyl groups is 18. The van der Waals surface area contributed by atoms with E-state index in [1.54, 1.807) is 86.8 Å². The zero-order valence-corrected chi connectivity index (χ0v) is 50.3. The molecule has 0 aliphatic carbocycles. The Kier molecular flexibility index (Phi) is 32.3. The normalized spacial score (nSPS) is 44.9. The van der Waals surface area contributed by atoms with Crippen molar-refractivity contribution in [1.82, 2.24) is 5.32 Å². The lowest BCUT2D eigenvalue weighted by atomic mass is 9.82. The molecule has 21 N–H and O–H groups in total. The van der Waals surface area contributed by atoms with Gasteiger partial charge in [-0.3, -0.25) is 9.59 Å². The summed E-state index contributed by atoms with van der Waals surface area (Å²) >= 11 is 0. The first-order valence-electron chi connectivity index (χ1n) is 30.2. The number of nitrogens with two attached hydrogens (primary N) is 1. The van der Waals surface area contributed by atoms with E-state index in [2.05, 4.69) is 5.32 Å². The predicted molar refractivity (Wildman–Crippen MR) is 312 cm³/mol. The van der Waals surface area contributed by atoms with Gasteiger partial charge in [-0.25, -0.2) is 0 Å². The average molecular weight is 1290 g/mol. The highest BCUT2D eigenvalue weighted by Crippen LogP contribution is 2.38. The van der Waals surface area contributed by atoms with Crippen molar-refractivity contribution in [3.63, 3.8) is 0 Å². The van der Waals surface area contributed by atoms with Crippen molar-refractivity contribution in [3.05, 3.63) is 85.1 Å². The van der Waals surface area contributed by atoms with Gasteiger partial charge in [0.25, 0.3) is 0 Å². The zero-order valence-electron chi connectivity index (χ0n) is 50.3. The van der Waals surface area contributed by atoms with Crippen LogP contribution in [0.15, 0.2) is 85.1 Å². The molecule has 0 spiro atoms. The van der Waals surface area contributed by atoms with Crippen LogP contribution in [0.3, 0.4) is 0 Å². The van der Waals surface area contributed by atoms with Crippen molar-refractivity contribution >= 4 is 11.9 Å². The van der Waals surface area contributed by atoms with Crippen molar-refractivity contribution in [2.75, 3.05) is 33.0 Å². The van der Waals surface area contributed by atoms with Crippen LogP contribution < -0.4 is 11.1 Å². The second kappa shape index (κ2) is 37.8. The quantitative estimate of drug-likeness (QED) is 0.0809. The fourth-order valence-electron chi connectivity index (χ4n) is 10.8. The monoisotopic (exact) mass is 1290 g/mol. The molecular formula is C60H96N2O28. The summed E-state index contributed by atoms with van der Waals surface area (Å²) in [6.45, 7) is -0.165. The molecule has 5 rings (SSSR count). The Bertz CT molecular complexity index is 2300. The largest absolute Gasteiger partial charge is 0.462 e. The van der Waals surface area contributed by atoms with Crippen LogP contribution in [0.5, 0.6) is 0 Å². The summed E-state index contributed by atoms with van der Waals surface area (Å²) in [7, 11) is 0. The second-order valence-corrected chi connectivity index (χ2v) is 23.6. The van der Waals surface area contributed by atoms with Gasteiger partial charge in [0.1, 0.15) is 61.0 Å². The number of nitrogens with one attached hydrogen (secondary N) is 1. The van der Waals surface area contributed by atoms with Crippen LogP contribution in [0.4, 0.5) is 0 Å². The van der Waals surface area contributed by atoms with Crippen LogP contribution in [-0.2, 0) is 47.5 Å². The van der Waals surface area contributed by atoms with Crippen LogP contribution in [0.2, 0.25) is 0 Å². The number of fused-ring (bicyclic) bond motifs is 2. The fraction of sp³-hybridized carbons (Fsp3) is 0.733. The topological polar surface area (TPSA) is 510 Å². The van der Waals surface area contributed by atoms with Gasteiger partial charge in [0.15, 0.2) is 24.7 Å². The maximum Gasteiger partial charge on any atom is 0.308 e. The van der Waals surface area contributed by atoms with Crippen LogP contribution in [0, 0.1) is 11.8 Å². The molecule has 27 atom stereocenters. The van der Waals surface area contributed by atoms with Gasteiger partial charge in [-0.05, 0) is 26.2 Å². The summed E-state index contributed by atoms with van der Waals surface area (Å²) in [6, 6.07) is -2.75. The molecule has 5 aliphatic rings. The highest BCUT2D eigenvalue weighted by atomic mass is 16.7. The third kappa shape index (κ3) is 23.8. The molecule has 30 nitrogen and oxygen atoms in total. The summed E-state index contributed by atoms with van der Waals surface area (Å²) in [6.07, 6.45) is -16.7. The van der Waals surface area contributed by atoms with E-state index in [9.17, 15) is 102 Å². The molecule has 30 heteroatoms. The van der Waals surface area contributed by atoms with E-state index in [1.807, 2.05) is 0 Å². The Morgan fingerprint density at radius 3 is 1.67 bits per heavy atom. The molecule has 1 amide bonds. The lowest BCUT2D eigenvalue weighted by Crippen LogP contribution is -2.61. The number of carbonyl (C=O) groups is 2. The molecule has 4 saturated heterocycles. The van der Waals surface area contributed by atoms with Gasteiger partial charge in [0.05, 0.1) is 118 Å². The lowest BCUT2D eigenvalue weighted by molar-refractivity contribution is -0.310. The number of rotatable bonds is 12. The van der Waals surface area contributed by atoms with Crippen molar-refractivity contribution in [1.29, 1.82) is 0 Å². The first-order chi connectivity index (χ1) is 42.6. The summed E-state index contributed by atoms with van der Waals surface area (Å²) in [5.41, 5.74) is 6.07. The van der Waals surface area contributed by atoms with Crippen molar-refractivity contribution in [2.24, 2.45) is 17.6 Å². The van der Waals surface area contributed by atoms with E-state index in [0.29, 0.717) is 0 Å². The molecule has 0 saturated carbocycles. The maximum atomic E-state index is 14.9. The number of hydrogen-bond acceptors (Lipinski definition) is 29. The molecule has 0 aromatic rings. The van der Waals surface area contributed by atoms with Gasteiger partial charge >= 0.3 is 5.97 Å². The first-order valence-corrected chi connectivity index (χ1v) is 30.2. The second-order valence-electron chi connectivity index (χ2n) is 23.6. The van der Waals surface area contributed by atoms with E-state index in [4.69, 9.17) is 43.6 Å². The Morgan fingerprint density at radius 2 is 1.12 bits per heavy atom. The van der Waals surface area contributed by atoms with E-state index in [0.717, 1.165) is 0 Å². The van der Waals surface area contributed by atoms with Gasteiger partial charge in [-0.2, -0.15) is 0 Å². The first kappa shape index (κ1) is 76.8. The molecular weight excluding hydrogens is 1200 g/mol. The van der Waals surface area contributed by atoms with Crippen LogP contribution in [-0.4, -0.2) is 296 Å². The number of cyclic esters (lactones) is 1.